The van der Waals surface area contributed by atoms with E-state index in [0.717, 1.165) is 50.5 Å². The Kier molecular flexibility index (Phi) is 6.65. The Hall–Kier alpha value is -0.930. The molecule has 2 nitrogen and oxygen atoms in total. The van der Waals surface area contributed by atoms with Gasteiger partial charge in [-0.05, 0) is 68.9 Å². The zero-order valence-corrected chi connectivity index (χ0v) is 13.0. The van der Waals surface area contributed by atoms with E-state index >= 15 is 0 Å². The van der Waals surface area contributed by atoms with Gasteiger partial charge in [-0.1, -0.05) is 17.7 Å². The quantitative estimate of drug-likeness (QED) is 0.758. The van der Waals surface area contributed by atoms with Crippen molar-refractivity contribution in [2.45, 2.75) is 57.5 Å². The Morgan fingerprint density at radius 2 is 2.19 bits per heavy atom. The molecule has 3 heteroatoms. The number of aliphatic hydroxyl groups is 1. The van der Waals surface area contributed by atoms with Crippen molar-refractivity contribution < 1.29 is 14.2 Å². The minimum atomic E-state index is -0.403. The molecule has 0 spiro atoms. The number of ether oxygens (including phenoxy) is 1. The molecule has 0 saturated heterocycles. The summed E-state index contributed by atoms with van der Waals surface area (Å²) in [7, 11) is 1.61. The molecule has 2 unspecified atom stereocenters. The van der Waals surface area contributed by atoms with E-state index in [0.29, 0.717) is 18.9 Å². The molecular formula is C18H27FO2. The Balaban J connectivity index is 1.91. The second kappa shape index (κ2) is 8.50. The van der Waals surface area contributed by atoms with E-state index < -0.39 is 6.10 Å². The first kappa shape index (κ1) is 16.4. The first-order valence-corrected chi connectivity index (χ1v) is 8.10. The van der Waals surface area contributed by atoms with Gasteiger partial charge in [-0.3, -0.25) is 0 Å². The molecule has 0 aromatic rings. The second-order valence-electron chi connectivity index (χ2n) is 6.16. The summed E-state index contributed by atoms with van der Waals surface area (Å²) in [5, 5.41) is 9.82. The van der Waals surface area contributed by atoms with Crippen LogP contribution >= 0.6 is 0 Å². The van der Waals surface area contributed by atoms with E-state index in [1.165, 1.54) is 5.57 Å². The van der Waals surface area contributed by atoms with E-state index in [-0.39, 0.29) is 5.83 Å². The van der Waals surface area contributed by atoms with Gasteiger partial charge in [0.15, 0.2) is 0 Å². The van der Waals surface area contributed by atoms with E-state index in [9.17, 15) is 9.50 Å². The molecule has 2 aliphatic rings. The van der Waals surface area contributed by atoms with Crippen molar-refractivity contribution in [2.24, 2.45) is 5.92 Å². The fourth-order valence-corrected chi connectivity index (χ4v) is 3.45. The number of hydrogen-bond acceptors (Lipinski definition) is 2. The number of hydrogen-bond donors (Lipinski definition) is 1. The highest BCUT2D eigenvalue weighted by Gasteiger charge is 2.20. The highest BCUT2D eigenvalue weighted by Crippen LogP contribution is 2.35. The molecule has 1 N–H and O–H groups in total. The van der Waals surface area contributed by atoms with Crippen LogP contribution in [0.2, 0.25) is 0 Å². The molecule has 0 aliphatic heterocycles. The van der Waals surface area contributed by atoms with Gasteiger partial charge in [-0.15, -0.1) is 0 Å². The van der Waals surface area contributed by atoms with Crippen molar-refractivity contribution in [3.05, 3.63) is 35.2 Å². The SMILES string of the molecule is COCC(O)CC1=CCCC(C2=C(F)C=CCC2)CCC1. The molecule has 2 aliphatic carbocycles. The third-order valence-corrected chi connectivity index (χ3v) is 4.50. The van der Waals surface area contributed by atoms with Crippen molar-refractivity contribution >= 4 is 0 Å². The summed E-state index contributed by atoms with van der Waals surface area (Å²) in [4.78, 5) is 0. The predicted molar refractivity (Wildman–Crippen MR) is 83.7 cm³/mol. The van der Waals surface area contributed by atoms with E-state index in [1.54, 1.807) is 13.2 Å². The molecule has 0 fully saturated rings. The van der Waals surface area contributed by atoms with Crippen LogP contribution in [0.1, 0.15) is 51.4 Å². The molecule has 2 rings (SSSR count). The Labute approximate surface area is 127 Å². The van der Waals surface area contributed by atoms with Crippen LogP contribution in [0.15, 0.2) is 35.2 Å². The van der Waals surface area contributed by atoms with Crippen LogP contribution in [0.4, 0.5) is 4.39 Å². The zero-order chi connectivity index (χ0) is 15.1. The van der Waals surface area contributed by atoms with Crippen molar-refractivity contribution in [3.8, 4) is 0 Å². The smallest absolute Gasteiger partial charge is 0.122 e. The van der Waals surface area contributed by atoms with Gasteiger partial charge in [-0.25, -0.2) is 4.39 Å². The van der Waals surface area contributed by atoms with Gasteiger partial charge < -0.3 is 9.84 Å². The summed E-state index contributed by atoms with van der Waals surface area (Å²) in [6, 6.07) is 0. The summed E-state index contributed by atoms with van der Waals surface area (Å²) in [5.41, 5.74) is 2.37. The van der Waals surface area contributed by atoms with Crippen molar-refractivity contribution in [2.75, 3.05) is 13.7 Å². The number of methoxy groups -OCH3 is 1. The molecule has 0 saturated carbocycles. The van der Waals surface area contributed by atoms with Gasteiger partial charge in [-0.2, -0.15) is 0 Å². The van der Waals surface area contributed by atoms with Crippen molar-refractivity contribution in [3.63, 3.8) is 0 Å². The monoisotopic (exact) mass is 294 g/mol. The van der Waals surface area contributed by atoms with Crippen LogP contribution in [0.3, 0.4) is 0 Å². The summed E-state index contributed by atoms with van der Waals surface area (Å²) in [6.07, 6.45) is 13.2. The standard InChI is InChI=1S/C18H27FO2/c1-21-13-16(20)12-14-6-4-8-15(9-5-7-14)17-10-2-3-11-18(17)19/h3,6,11,15-16,20H,2,4-5,7-10,12-13H2,1H3. The lowest BCUT2D eigenvalue weighted by Gasteiger charge is -2.24. The number of allylic oxidation sites excluding steroid dienone is 5. The lowest BCUT2D eigenvalue weighted by atomic mass is 9.82. The lowest BCUT2D eigenvalue weighted by molar-refractivity contribution is 0.0643. The molecule has 0 bridgehead atoms. The summed E-state index contributed by atoms with van der Waals surface area (Å²) >= 11 is 0. The van der Waals surface area contributed by atoms with Crippen LogP contribution in [-0.4, -0.2) is 24.9 Å². The lowest BCUT2D eigenvalue weighted by Crippen LogP contribution is -2.16. The van der Waals surface area contributed by atoms with E-state index in [4.69, 9.17) is 4.74 Å². The molecule has 0 aromatic heterocycles. The Morgan fingerprint density at radius 1 is 1.33 bits per heavy atom. The molecule has 0 aromatic carbocycles. The predicted octanol–water partition coefficient (Wildman–Crippen LogP) is 4.46. The zero-order valence-electron chi connectivity index (χ0n) is 13.0. The van der Waals surface area contributed by atoms with Crippen LogP contribution in [0.25, 0.3) is 0 Å². The number of aliphatic hydroxyl groups excluding tert-OH is 1. The normalized spacial score (nSPS) is 25.3. The van der Waals surface area contributed by atoms with E-state index in [1.807, 2.05) is 6.08 Å². The first-order chi connectivity index (χ1) is 10.2. The maximum atomic E-state index is 13.9. The Morgan fingerprint density at radius 3 is 2.95 bits per heavy atom. The third kappa shape index (κ3) is 5.08. The fourth-order valence-electron chi connectivity index (χ4n) is 3.45. The molecule has 0 radical (unpaired) electrons. The average molecular weight is 294 g/mol. The highest BCUT2D eigenvalue weighted by molar-refractivity contribution is 5.26. The van der Waals surface area contributed by atoms with Gasteiger partial charge in [0.2, 0.25) is 0 Å². The van der Waals surface area contributed by atoms with Crippen molar-refractivity contribution in [1.29, 1.82) is 0 Å². The third-order valence-electron chi connectivity index (χ3n) is 4.50. The number of rotatable bonds is 5. The van der Waals surface area contributed by atoms with Crippen LogP contribution in [0, 0.1) is 5.92 Å². The summed E-state index contributed by atoms with van der Waals surface area (Å²) in [6.45, 7) is 0.393. The molecule has 21 heavy (non-hydrogen) atoms. The van der Waals surface area contributed by atoms with Gasteiger partial charge in [0.25, 0.3) is 0 Å². The first-order valence-electron chi connectivity index (χ1n) is 8.10. The molecule has 2 atom stereocenters. The van der Waals surface area contributed by atoms with Crippen LogP contribution < -0.4 is 0 Å². The minimum absolute atomic E-state index is 0.00606. The Bertz CT molecular complexity index is 423. The molecule has 0 heterocycles. The molecule has 118 valence electrons. The topological polar surface area (TPSA) is 29.5 Å². The van der Waals surface area contributed by atoms with Crippen molar-refractivity contribution in [1.82, 2.24) is 0 Å². The average Bonchev–Trinajstić information content (AvgIpc) is 2.43. The largest absolute Gasteiger partial charge is 0.390 e. The van der Waals surface area contributed by atoms with Crippen LogP contribution in [-0.2, 0) is 4.74 Å². The van der Waals surface area contributed by atoms with Gasteiger partial charge in [0.1, 0.15) is 5.83 Å². The number of halogens is 1. The minimum Gasteiger partial charge on any atom is -0.390 e. The molecule has 0 amide bonds. The van der Waals surface area contributed by atoms with E-state index in [2.05, 4.69) is 6.08 Å². The summed E-state index contributed by atoms with van der Waals surface area (Å²) < 4.78 is 18.9. The fraction of sp³-hybridized carbons (Fsp3) is 0.667. The van der Waals surface area contributed by atoms with Gasteiger partial charge in [0.05, 0.1) is 12.7 Å². The molecular weight excluding hydrogens is 267 g/mol. The van der Waals surface area contributed by atoms with Gasteiger partial charge >= 0.3 is 0 Å². The maximum absolute atomic E-state index is 13.9. The maximum Gasteiger partial charge on any atom is 0.122 e. The van der Waals surface area contributed by atoms with Crippen LogP contribution in [0.5, 0.6) is 0 Å². The second-order valence-corrected chi connectivity index (χ2v) is 6.16. The summed E-state index contributed by atoms with van der Waals surface area (Å²) in [5.74, 6) is 0.406. The highest BCUT2D eigenvalue weighted by atomic mass is 19.1. The van der Waals surface area contributed by atoms with Gasteiger partial charge in [0, 0.05) is 7.11 Å².